The van der Waals surface area contributed by atoms with Crippen molar-refractivity contribution in [1.29, 1.82) is 0 Å². The number of likely N-dealkylation sites (tertiary alicyclic amines) is 1. The van der Waals surface area contributed by atoms with E-state index in [-0.39, 0.29) is 29.6 Å². The lowest BCUT2D eigenvalue weighted by Gasteiger charge is -2.43. The molecular formula is C32H34N6O7. The first-order chi connectivity index (χ1) is 21.5. The van der Waals surface area contributed by atoms with Crippen molar-refractivity contribution in [3.05, 3.63) is 53.7 Å². The first kappa shape index (κ1) is 30.0. The van der Waals surface area contributed by atoms with E-state index in [4.69, 9.17) is 14.2 Å². The van der Waals surface area contributed by atoms with Crippen molar-refractivity contribution in [2.24, 2.45) is 5.41 Å². The zero-order valence-corrected chi connectivity index (χ0v) is 25.7. The van der Waals surface area contributed by atoms with Gasteiger partial charge in [0.2, 0.25) is 5.82 Å². The van der Waals surface area contributed by atoms with Crippen LogP contribution in [0.15, 0.2) is 42.5 Å². The SMILES string of the molecule is COc1cc(C(=O)N2CCC3(CC2)CC(=O)c2cc(-c4nnn(C(C)C(C)(C)C(=O)O)n4)ccc2O3)nc2c(OC)cccc12. The molecule has 2 aliphatic heterocycles. The number of amides is 1. The lowest BCUT2D eigenvalue weighted by molar-refractivity contribution is -0.149. The lowest BCUT2D eigenvalue weighted by Crippen LogP contribution is -2.52. The van der Waals surface area contributed by atoms with Gasteiger partial charge in [-0.2, -0.15) is 4.80 Å². The number of nitrogens with zero attached hydrogens (tertiary/aromatic N) is 6. The predicted octanol–water partition coefficient (Wildman–Crippen LogP) is 4.22. The molecule has 1 amide bonds. The fourth-order valence-electron chi connectivity index (χ4n) is 5.80. The molecule has 2 aromatic carbocycles. The van der Waals surface area contributed by atoms with Gasteiger partial charge in [-0.1, -0.05) is 6.07 Å². The van der Waals surface area contributed by atoms with Gasteiger partial charge in [0.05, 0.1) is 37.7 Å². The summed E-state index contributed by atoms with van der Waals surface area (Å²) in [6.45, 7) is 5.71. The summed E-state index contributed by atoms with van der Waals surface area (Å²) < 4.78 is 17.5. The number of hydrogen-bond donors (Lipinski definition) is 1. The van der Waals surface area contributed by atoms with Gasteiger partial charge in [-0.15, -0.1) is 10.2 Å². The number of aromatic nitrogens is 5. The van der Waals surface area contributed by atoms with Crippen molar-refractivity contribution in [2.75, 3.05) is 27.3 Å². The van der Waals surface area contributed by atoms with Crippen molar-refractivity contribution >= 4 is 28.6 Å². The summed E-state index contributed by atoms with van der Waals surface area (Å²) in [5.74, 6) is 0.553. The molecule has 1 fully saturated rings. The summed E-state index contributed by atoms with van der Waals surface area (Å²) in [6.07, 6.45) is 1.13. The highest BCUT2D eigenvalue weighted by atomic mass is 16.5. The van der Waals surface area contributed by atoms with E-state index in [0.29, 0.717) is 59.8 Å². The second-order valence-corrected chi connectivity index (χ2v) is 12.1. The van der Waals surface area contributed by atoms with Crippen LogP contribution in [0.25, 0.3) is 22.3 Å². The van der Waals surface area contributed by atoms with Crippen LogP contribution < -0.4 is 14.2 Å². The van der Waals surface area contributed by atoms with E-state index in [1.807, 2.05) is 12.1 Å². The van der Waals surface area contributed by atoms with Gasteiger partial charge in [-0.3, -0.25) is 14.4 Å². The Morgan fingerprint density at radius 2 is 1.80 bits per heavy atom. The van der Waals surface area contributed by atoms with Crippen LogP contribution in [0.5, 0.6) is 17.2 Å². The first-order valence-corrected chi connectivity index (χ1v) is 14.7. The van der Waals surface area contributed by atoms with Crippen LogP contribution in [0.4, 0.5) is 0 Å². The molecule has 4 aromatic rings. The van der Waals surface area contributed by atoms with E-state index < -0.39 is 23.0 Å². The number of carbonyl (C=O) groups excluding carboxylic acids is 2. The molecule has 234 valence electrons. The minimum absolute atomic E-state index is 0.0707. The number of para-hydroxylation sites is 1. The molecule has 1 saturated heterocycles. The Balaban J connectivity index is 1.17. The van der Waals surface area contributed by atoms with Gasteiger partial charge in [0.25, 0.3) is 5.91 Å². The smallest absolute Gasteiger partial charge is 0.311 e. The molecule has 1 atom stereocenters. The zero-order valence-electron chi connectivity index (χ0n) is 25.7. The minimum Gasteiger partial charge on any atom is -0.496 e. The van der Waals surface area contributed by atoms with Crippen LogP contribution in [0.3, 0.4) is 0 Å². The molecule has 4 heterocycles. The zero-order chi connectivity index (χ0) is 32.1. The van der Waals surface area contributed by atoms with Crippen molar-refractivity contribution in [3.8, 4) is 28.6 Å². The number of ether oxygens (including phenoxy) is 3. The molecule has 2 aromatic heterocycles. The van der Waals surface area contributed by atoms with Crippen molar-refractivity contribution < 1.29 is 33.7 Å². The summed E-state index contributed by atoms with van der Waals surface area (Å²) in [4.78, 5) is 46.3. The number of fused-ring (bicyclic) bond motifs is 2. The molecule has 1 unspecified atom stereocenters. The van der Waals surface area contributed by atoms with Gasteiger partial charge in [0.1, 0.15) is 34.1 Å². The van der Waals surface area contributed by atoms with Crippen LogP contribution in [0, 0.1) is 5.41 Å². The normalized spacial score (nSPS) is 16.6. The summed E-state index contributed by atoms with van der Waals surface area (Å²) >= 11 is 0. The second kappa shape index (κ2) is 11.1. The number of carboxylic acid groups (broad SMARTS) is 1. The van der Waals surface area contributed by atoms with E-state index in [2.05, 4.69) is 20.4 Å². The molecule has 1 N–H and O–H groups in total. The number of piperidine rings is 1. The van der Waals surface area contributed by atoms with E-state index >= 15 is 0 Å². The highest BCUT2D eigenvalue weighted by Gasteiger charge is 2.44. The average molecular weight is 615 g/mol. The minimum atomic E-state index is -1.11. The van der Waals surface area contributed by atoms with Gasteiger partial charge in [0, 0.05) is 42.9 Å². The van der Waals surface area contributed by atoms with Gasteiger partial charge < -0.3 is 24.2 Å². The number of aliphatic carboxylic acids is 1. The Morgan fingerprint density at radius 1 is 1.07 bits per heavy atom. The monoisotopic (exact) mass is 614 g/mol. The van der Waals surface area contributed by atoms with Gasteiger partial charge >= 0.3 is 5.97 Å². The Labute approximate surface area is 259 Å². The number of carbonyl (C=O) groups is 3. The largest absolute Gasteiger partial charge is 0.496 e. The van der Waals surface area contributed by atoms with Gasteiger partial charge in [-0.25, -0.2) is 4.98 Å². The standard InChI is InChI=1S/C32H34N6O7/c1-18(31(2,3)30(41)42)38-35-28(34-36-38)19-9-10-24-21(15-19)23(39)17-32(45-24)11-13-37(14-12-32)29(40)22-16-26(44-5)20-7-6-8-25(43-4)27(20)33-22/h6-10,15-16,18H,11-14,17H2,1-5H3,(H,41,42). The quantitative estimate of drug-likeness (QED) is 0.318. The molecule has 45 heavy (non-hydrogen) atoms. The number of methoxy groups -OCH3 is 2. The van der Waals surface area contributed by atoms with Gasteiger partial charge in [-0.05, 0) is 56.3 Å². The highest BCUT2D eigenvalue weighted by Crippen LogP contribution is 2.41. The topological polar surface area (TPSA) is 159 Å². The fraction of sp³-hybridized carbons (Fsp3) is 0.406. The number of rotatable bonds is 7. The van der Waals surface area contributed by atoms with E-state index in [0.717, 1.165) is 5.39 Å². The second-order valence-electron chi connectivity index (χ2n) is 12.1. The molecule has 0 saturated carbocycles. The van der Waals surface area contributed by atoms with Crippen LogP contribution >= 0.6 is 0 Å². The molecule has 0 bridgehead atoms. The van der Waals surface area contributed by atoms with Gasteiger partial charge in [0.15, 0.2) is 5.78 Å². The Morgan fingerprint density at radius 3 is 2.49 bits per heavy atom. The Bertz CT molecular complexity index is 1830. The van der Waals surface area contributed by atoms with E-state index in [1.165, 1.54) is 4.80 Å². The maximum Gasteiger partial charge on any atom is 0.311 e. The molecule has 0 aliphatic carbocycles. The fourth-order valence-corrected chi connectivity index (χ4v) is 5.80. The van der Waals surface area contributed by atoms with Crippen molar-refractivity contribution in [3.63, 3.8) is 0 Å². The maximum atomic E-state index is 13.6. The van der Waals surface area contributed by atoms with Crippen molar-refractivity contribution in [1.82, 2.24) is 30.1 Å². The molecule has 2 aliphatic rings. The van der Waals surface area contributed by atoms with Crippen LogP contribution in [0.2, 0.25) is 0 Å². The third-order valence-corrected chi connectivity index (χ3v) is 9.10. The molecule has 13 heteroatoms. The number of pyridine rings is 1. The highest BCUT2D eigenvalue weighted by molar-refractivity contribution is 6.01. The molecule has 6 rings (SSSR count). The van der Waals surface area contributed by atoms with Crippen molar-refractivity contribution in [2.45, 2.75) is 51.7 Å². The van der Waals surface area contributed by atoms with Crippen LogP contribution in [-0.4, -0.2) is 85.8 Å². The predicted molar refractivity (Wildman–Crippen MR) is 162 cm³/mol. The summed E-state index contributed by atoms with van der Waals surface area (Å²) in [5.41, 5.74) is -0.0379. The third-order valence-electron chi connectivity index (χ3n) is 9.10. The number of tetrazole rings is 1. The Hall–Kier alpha value is -5.07. The third kappa shape index (κ3) is 5.21. The summed E-state index contributed by atoms with van der Waals surface area (Å²) in [5, 5.41) is 22.9. The van der Waals surface area contributed by atoms with Crippen LogP contribution in [0.1, 0.15) is 66.9 Å². The number of carboxylic acids is 1. The average Bonchev–Trinajstić information content (AvgIpc) is 3.53. The lowest BCUT2D eigenvalue weighted by atomic mass is 9.82. The number of hydrogen-bond acceptors (Lipinski definition) is 10. The summed E-state index contributed by atoms with van der Waals surface area (Å²) in [6, 6.07) is 11.7. The number of benzene rings is 2. The Kier molecular flexibility index (Phi) is 7.42. The van der Waals surface area contributed by atoms with E-state index in [1.54, 1.807) is 70.2 Å². The summed E-state index contributed by atoms with van der Waals surface area (Å²) in [7, 11) is 3.11. The van der Waals surface area contributed by atoms with E-state index in [9.17, 15) is 19.5 Å². The maximum absolute atomic E-state index is 13.6. The number of ketones is 1. The first-order valence-electron chi connectivity index (χ1n) is 14.7. The molecular weight excluding hydrogens is 580 g/mol. The molecule has 1 spiro atoms. The van der Waals surface area contributed by atoms with Crippen LogP contribution in [-0.2, 0) is 4.79 Å². The molecule has 0 radical (unpaired) electrons. The molecule has 13 nitrogen and oxygen atoms in total. The number of Topliss-reactive ketones (excluding diaryl/α,β-unsaturated/α-hetero) is 1.